The number of carbonyl (C=O) groups is 1. The minimum atomic E-state index is -0.505. The molecule has 0 aliphatic carbocycles. The lowest BCUT2D eigenvalue weighted by molar-refractivity contribution is -0.605. The van der Waals surface area contributed by atoms with Gasteiger partial charge in [0, 0.05) is 24.6 Å². The zero-order valence-electron chi connectivity index (χ0n) is 14.0. The average Bonchev–Trinajstić information content (AvgIpc) is 2.77. The van der Waals surface area contributed by atoms with E-state index < -0.39 is 5.60 Å². The molecule has 0 radical (unpaired) electrons. The van der Waals surface area contributed by atoms with Crippen LogP contribution in [-0.4, -0.2) is 36.3 Å². The number of hydrogen-bond donors (Lipinski definition) is 0. The summed E-state index contributed by atoms with van der Waals surface area (Å²) in [5, 5.41) is 11.7. The Balaban J connectivity index is 1.92. The highest BCUT2D eigenvalue weighted by molar-refractivity contribution is 6.30. The number of rotatable bonds is 3. The van der Waals surface area contributed by atoms with Crippen LogP contribution in [0.3, 0.4) is 0 Å². The van der Waals surface area contributed by atoms with E-state index in [1.807, 2.05) is 27.7 Å². The molecule has 1 saturated heterocycles. The number of hydrogen-bond acceptors (Lipinski definition) is 4. The molecule has 1 unspecified atom stereocenters. The molecule has 0 N–H and O–H groups in total. The predicted octanol–water partition coefficient (Wildman–Crippen LogP) is 3.00. The number of halogens is 1. The fraction of sp³-hybridized carbons (Fsp3) is 0.625. The summed E-state index contributed by atoms with van der Waals surface area (Å²) in [5.41, 5.74) is -0.692. The molecule has 1 aliphatic rings. The molecule has 0 spiro atoms. The lowest BCUT2D eigenvalue weighted by Gasteiger charge is -2.27. The highest BCUT2D eigenvalue weighted by atomic mass is 35.5. The second-order valence-electron chi connectivity index (χ2n) is 7.30. The lowest BCUT2D eigenvalue weighted by Crippen LogP contribution is -2.37. The summed E-state index contributed by atoms with van der Waals surface area (Å²) in [4.78, 5) is 13.8. The summed E-state index contributed by atoms with van der Waals surface area (Å²) < 4.78 is 11.7. The summed E-state index contributed by atoms with van der Waals surface area (Å²) in [7, 11) is 0. The molecule has 1 aromatic heterocycles. The summed E-state index contributed by atoms with van der Waals surface area (Å²) >= 11 is 5.84. The molecular formula is C16H23ClN2O4. The van der Waals surface area contributed by atoms with Crippen LogP contribution in [0.2, 0.25) is 5.02 Å². The molecular weight excluding hydrogens is 320 g/mol. The molecule has 1 amide bonds. The van der Waals surface area contributed by atoms with Gasteiger partial charge in [-0.2, -0.15) is 4.73 Å². The van der Waals surface area contributed by atoms with Gasteiger partial charge in [-0.1, -0.05) is 18.5 Å². The van der Waals surface area contributed by atoms with Gasteiger partial charge in [0.1, 0.15) is 10.6 Å². The van der Waals surface area contributed by atoms with Gasteiger partial charge in [-0.3, -0.25) is 0 Å². The number of carbonyl (C=O) groups excluding carboxylic acids is 1. The van der Waals surface area contributed by atoms with Crippen molar-refractivity contribution in [2.75, 3.05) is 19.7 Å². The molecule has 7 heteroatoms. The van der Waals surface area contributed by atoms with Crippen molar-refractivity contribution in [1.29, 1.82) is 0 Å². The van der Waals surface area contributed by atoms with Gasteiger partial charge in [-0.15, -0.1) is 0 Å². The van der Waals surface area contributed by atoms with Crippen molar-refractivity contribution >= 4 is 17.7 Å². The second-order valence-corrected chi connectivity index (χ2v) is 7.74. The van der Waals surface area contributed by atoms with Crippen LogP contribution in [0.5, 0.6) is 5.75 Å². The fourth-order valence-electron chi connectivity index (χ4n) is 2.46. The van der Waals surface area contributed by atoms with Crippen LogP contribution in [-0.2, 0) is 4.74 Å². The van der Waals surface area contributed by atoms with Crippen LogP contribution < -0.4 is 9.47 Å². The van der Waals surface area contributed by atoms with E-state index in [2.05, 4.69) is 0 Å². The SMILES string of the molecule is CC1(COc2cc(Cl)c[n+]([O-])c2)CCN(C(=O)OC(C)(C)C)C1. The average molecular weight is 343 g/mol. The molecule has 0 saturated carbocycles. The number of pyridine rings is 1. The van der Waals surface area contributed by atoms with Crippen LogP contribution in [0.15, 0.2) is 18.5 Å². The molecule has 2 heterocycles. The third kappa shape index (κ3) is 5.16. The molecule has 2 rings (SSSR count). The van der Waals surface area contributed by atoms with Gasteiger partial charge in [0.15, 0.2) is 11.9 Å². The van der Waals surface area contributed by atoms with Crippen molar-refractivity contribution in [2.45, 2.75) is 39.7 Å². The van der Waals surface area contributed by atoms with Crippen molar-refractivity contribution < 1.29 is 19.0 Å². The Morgan fingerprint density at radius 2 is 2.17 bits per heavy atom. The predicted molar refractivity (Wildman–Crippen MR) is 86.4 cm³/mol. The minimum Gasteiger partial charge on any atom is -0.619 e. The van der Waals surface area contributed by atoms with Gasteiger partial charge in [0.2, 0.25) is 6.20 Å². The van der Waals surface area contributed by atoms with Crippen molar-refractivity contribution in [3.8, 4) is 5.75 Å². The zero-order chi connectivity index (χ0) is 17.3. The van der Waals surface area contributed by atoms with Gasteiger partial charge in [-0.05, 0) is 27.2 Å². The summed E-state index contributed by atoms with van der Waals surface area (Å²) in [6.07, 6.45) is 3.09. The summed E-state index contributed by atoms with van der Waals surface area (Å²) in [6.45, 7) is 9.17. The summed E-state index contributed by atoms with van der Waals surface area (Å²) in [6, 6.07) is 1.60. The second kappa shape index (κ2) is 6.43. The fourth-order valence-corrected chi connectivity index (χ4v) is 2.66. The third-order valence-electron chi connectivity index (χ3n) is 3.58. The van der Waals surface area contributed by atoms with E-state index in [-0.39, 0.29) is 11.5 Å². The van der Waals surface area contributed by atoms with E-state index in [0.29, 0.717) is 35.2 Å². The monoisotopic (exact) mass is 342 g/mol. The molecule has 1 fully saturated rings. The first-order chi connectivity index (χ1) is 10.6. The van der Waals surface area contributed by atoms with Gasteiger partial charge in [0.25, 0.3) is 0 Å². The highest BCUT2D eigenvalue weighted by Crippen LogP contribution is 2.31. The number of likely N-dealkylation sites (tertiary alicyclic amines) is 1. The Morgan fingerprint density at radius 3 is 2.78 bits per heavy atom. The quantitative estimate of drug-likeness (QED) is 0.625. The van der Waals surface area contributed by atoms with Crippen LogP contribution in [0, 0.1) is 10.6 Å². The Hall–Kier alpha value is -1.69. The molecule has 1 aromatic rings. The van der Waals surface area contributed by atoms with E-state index in [1.165, 1.54) is 12.4 Å². The number of amides is 1. The zero-order valence-corrected chi connectivity index (χ0v) is 14.7. The van der Waals surface area contributed by atoms with E-state index in [0.717, 1.165) is 6.42 Å². The van der Waals surface area contributed by atoms with Gasteiger partial charge < -0.3 is 19.6 Å². The third-order valence-corrected chi connectivity index (χ3v) is 3.79. The van der Waals surface area contributed by atoms with Crippen LogP contribution in [0.1, 0.15) is 34.1 Å². The van der Waals surface area contributed by atoms with Gasteiger partial charge in [0.05, 0.1) is 6.61 Å². The first kappa shape index (κ1) is 17.7. The maximum Gasteiger partial charge on any atom is 0.410 e. The van der Waals surface area contributed by atoms with E-state index >= 15 is 0 Å². The van der Waals surface area contributed by atoms with Crippen LogP contribution in [0.4, 0.5) is 4.79 Å². The Labute approximate surface area is 141 Å². The molecule has 0 aromatic carbocycles. The molecule has 0 bridgehead atoms. The number of ether oxygens (including phenoxy) is 2. The van der Waals surface area contributed by atoms with Crippen molar-refractivity contribution in [3.63, 3.8) is 0 Å². The number of nitrogens with zero attached hydrogens (tertiary/aromatic N) is 2. The standard InChI is InChI=1S/C16H23ClN2O4/c1-15(2,3)23-14(20)18-6-5-16(4,10-18)11-22-13-7-12(17)8-19(21)9-13/h7-9H,5-6,10-11H2,1-4H3. The maximum atomic E-state index is 12.1. The number of aromatic nitrogens is 1. The van der Waals surface area contributed by atoms with Crippen molar-refractivity contribution in [3.05, 3.63) is 28.7 Å². The molecule has 6 nitrogen and oxygen atoms in total. The Morgan fingerprint density at radius 1 is 1.48 bits per heavy atom. The van der Waals surface area contributed by atoms with Crippen LogP contribution in [0.25, 0.3) is 0 Å². The summed E-state index contributed by atoms with van der Waals surface area (Å²) in [5.74, 6) is 0.421. The van der Waals surface area contributed by atoms with E-state index in [1.54, 1.807) is 11.0 Å². The maximum absolute atomic E-state index is 12.1. The first-order valence-electron chi connectivity index (χ1n) is 7.56. The minimum absolute atomic E-state index is 0.188. The highest BCUT2D eigenvalue weighted by Gasteiger charge is 2.38. The molecule has 1 aliphatic heterocycles. The lowest BCUT2D eigenvalue weighted by atomic mass is 9.91. The van der Waals surface area contributed by atoms with E-state index in [9.17, 15) is 10.0 Å². The molecule has 1 atom stereocenters. The van der Waals surface area contributed by atoms with Crippen molar-refractivity contribution in [2.24, 2.45) is 5.41 Å². The topological polar surface area (TPSA) is 65.7 Å². The Bertz CT molecular complexity index is 568. The smallest absolute Gasteiger partial charge is 0.410 e. The van der Waals surface area contributed by atoms with Gasteiger partial charge >= 0.3 is 6.09 Å². The normalized spacial score (nSPS) is 21.3. The van der Waals surface area contributed by atoms with E-state index in [4.69, 9.17) is 21.1 Å². The van der Waals surface area contributed by atoms with Gasteiger partial charge in [-0.25, -0.2) is 4.79 Å². The molecule has 23 heavy (non-hydrogen) atoms. The largest absolute Gasteiger partial charge is 0.619 e. The van der Waals surface area contributed by atoms with Crippen molar-refractivity contribution in [1.82, 2.24) is 4.90 Å². The first-order valence-corrected chi connectivity index (χ1v) is 7.94. The molecule has 128 valence electrons. The van der Waals surface area contributed by atoms with Crippen LogP contribution >= 0.6 is 11.6 Å². The Kier molecular flexibility index (Phi) is 4.94.